The summed E-state index contributed by atoms with van der Waals surface area (Å²) in [4.78, 5) is 4.29. The van der Waals surface area contributed by atoms with E-state index in [9.17, 15) is 4.39 Å². The van der Waals surface area contributed by atoms with Gasteiger partial charge >= 0.3 is 0 Å². The van der Waals surface area contributed by atoms with E-state index in [2.05, 4.69) is 25.7 Å². The molecule has 3 aromatic heterocycles. The number of aryl methyl sites for hydroxylation is 1. The minimum atomic E-state index is -0.535. The molecule has 1 aliphatic heterocycles. The summed E-state index contributed by atoms with van der Waals surface area (Å²) >= 11 is 0. The van der Waals surface area contributed by atoms with Gasteiger partial charge in [0.2, 0.25) is 0 Å². The van der Waals surface area contributed by atoms with Gasteiger partial charge < -0.3 is 15.0 Å². The number of ether oxygens (including phenoxy) is 1. The molecule has 0 amide bonds. The normalized spacial score (nSPS) is 15.2. The molecule has 1 aliphatic rings. The molecule has 0 saturated heterocycles. The fourth-order valence-electron chi connectivity index (χ4n) is 3.69. The smallest absolute Gasteiger partial charge is 0.182 e. The van der Waals surface area contributed by atoms with E-state index in [0.29, 0.717) is 34.9 Å². The Morgan fingerprint density at radius 1 is 1.30 bits per heavy atom. The molecule has 4 aromatic rings. The van der Waals surface area contributed by atoms with Crippen molar-refractivity contribution < 1.29 is 13.7 Å². The first kappa shape index (κ1) is 18.2. The molecule has 0 spiro atoms. The summed E-state index contributed by atoms with van der Waals surface area (Å²) in [5, 5.41) is 16.3. The third kappa shape index (κ3) is 2.88. The Hall–Kier alpha value is -3.82. The summed E-state index contributed by atoms with van der Waals surface area (Å²) in [6.45, 7) is 4.05. The summed E-state index contributed by atoms with van der Waals surface area (Å²) in [5.74, 6) is 1.29. The number of tetrazole rings is 1. The molecule has 2 N–H and O–H groups in total. The van der Waals surface area contributed by atoms with Crippen LogP contribution < -0.4 is 10.5 Å². The second kappa shape index (κ2) is 6.90. The summed E-state index contributed by atoms with van der Waals surface area (Å²) < 4.78 is 27.4. The highest BCUT2D eigenvalue weighted by Gasteiger charge is 2.25. The fraction of sp³-hybridized carbons (Fsp3) is 0.250. The van der Waals surface area contributed by atoms with Crippen LogP contribution in [0.5, 0.6) is 5.75 Å². The second-order valence-corrected chi connectivity index (χ2v) is 7.04. The highest BCUT2D eigenvalue weighted by Crippen LogP contribution is 2.37. The molecule has 10 heteroatoms. The van der Waals surface area contributed by atoms with Crippen LogP contribution in [-0.2, 0) is 13.0 Å². The van der Waals surface area contributed by atoms with Gasteiger partial charge in [0.05, 0.1) is 11.3 Å². The quantitative estimate of drug-likeness (QED) is 0.511. The van der Waals surface area contributed by atoms with Gasteiger partial charge in [-0.1, -0.05) is 12.1 Å². The topological polar surface area (TPSA) is 118 Å². The van der Waals surface area contributed by atoms with E-state index in [1.807, 2.05) is 13.8 Å². The molecular weight excluding hydrogens is 389 g/mol. The van der Waals surface area contributed by atoms with E-state index in [0.717, 1.165) is 16.8 Å². The van der Waals surface area contributed by atoms with E-state index < -0.39 is 6.10 Å². The summed E-state index contributed by atoms with van der Waals surface area (Å²) in [6.07, 6.45) is 1.79. The second-order valence-electron chi connectivity index (χ2n) is 7.04. The Morgan fingerprint density at radius 3 is 3.00 bits per heavy atom. The SMILES string of the molecule is CCc1noc2c1-c1cnc(N)c(c1)OC(C)c1cc(F)ccc1-c1nnnn1C2. The highest BCUT2D eigenvalue weighted by molar-refractivity contribution is 5.71. The zero-order valence-corrected chi connectivity index (χ0v) is 16.3. The maximum Gasteiger partial charge on any atom is 0.182 e. The molecule has 1 unspecified atom stereocenters. The third-order valence-corrected chi connectivity index (χ3v) is 5.16. The number of nitrogen functional groups attached to an aromatic ring is 1. The van der Waals surface area contributed by atoms with Gasteiger partial charge in [-0.15, -0.1) is 5.10 Å². The summed E-state index contributed by atoms with van der Waals surface area (Å²) in [7, 11) is 0. The number of nitrogens with two attached hydrogens (primary N) is 1. The number of halogens is 1. The molecule has 152 valence electrons. The number of rotatable bonds is 1. The van der Waals surface area contributed by atoms with E-state index in [1.54, 1.807) is 23.0 Å². The number of hydrogen-bond donors (Lipinski definition) is 1. The molecule has 0 radical (unpaired) electrons. The number of aromatic nitrogens is 6. The Kier molecular flexibility index (Phi) is 4.19. The molecule has 0 fully saturated rings. The van der Waals surface area contributed by atoms with Crippen LogP contribution in [0.4, 0.5) is 10.2 Å². The van der Waals surface area contributed by atoms with Crippen molar-refractivity contribution in [2.75, 3.05) is 5.73 Å². The van der Waals surface area contributed by atoms with Crippen LogP contribution in [0.3, 0.4) is 0 Å². The lowest BCUT2D eigenvalue weighted by Gasteiger charge is -2.20. The van der Waals surface area contributed by atoms with Crippen molar-refractivity contribution in [3.05, 3.63) is 53.3 Å². The molecule has 1 atom stereocenters. The molecule has 30 heavy (non-hydrogen) atoms. The molecule has 0 aliphatic carbocycles. The number of anilines is 1. The van der Waals surface area contributed by atoms with Gasteiger partial charge in [-0.25, -0.2) is 14.1 Å². The molecular formula is C20H18FN7O2. The van der Waals surface area contributed by atoms with Crippen molar-refractivity contribution in [3.8, 4) is 28.3 Å². The first-order valence-electron chi connectivity index (χ1n) is 9.51. The average Bonchev–Trinajstić information content (AvgIpc) is 3.36. The Balaban J connectivity index is 1.79. The van der Waals surface area contributed by atoms with Gasteiger partial charge in [0.25, 0.3) is 0 Å². The molecule has 9 nitrogen and oxygen atoms in total. The molecule has 4 heterocycles. The standard InChI is InChI=1S/C20H18FN7O2/c1-3-15-18-11-6-16(19(22)23-8-11)29-10(2)14-7-12(21)4-5-13(14)20-24-26-27-28(20)9-17(18)30-25-15/h4-8,10H,3,9H2,1-2H3,(H2,22,23). The lowest BCUT2D eigenvalue weighted by atomic mass is 10.0. The van der Waals surface area contributed by atoms with Crippen LogP contribution in [-0.4, -0.2) is 30.3 Å². The van der Waals surface area contributed by atoms with Crippen molar-refractivity contribution in [1.82, 2.24) is 30.3 Å². The van der Waals surface area contributed by atoms with Crippen molar-refractivity contribution in [3.63, 3.8) is 0 Å². The van der Waals surface area contributed by atoms with E-state index in [1.165, 1.54) is 12.1 Å². The maximum absolute atomic E-state index is 14.1. The number of fused-ring (bicyclic) bond motifs is 7. The van der Waals surface area contributed by atoms with Crippen LogP contribution in [0.1, 0.15) is 37.0 Å². The zero-order chi connectivity index (χ0) is 20.8. The maximum atomic E-state index is 14.1. The molecule has 0 saturated carbocycles. The number of hydrogen-bond acceptors (Lipinski definition) is 8. The number of pyridine rings is 1. The fourth-order valence-corrected chi connectivity index (χ4v) is 3.69. The van der Waals surface area contributed by atoms with Crippen LogP contribution in [0.15, 0.2) is 35.0 Å². The van der Waals surface area contributed by atoms with Gasteiger partial charge in [0.15, 0.2) is 23.2 Å². The lowest BCUT2D eigenvalue weighted by Crippen LogP contribution is -2.11. The average molecular weight is 407 g/mol. The highest BCUT2D eigenvalue weighted by atomic mass is 19.1. The van der Waals surface area contributed by atoms with Gasteiger partial charge in [0.1, 0.15) is 18.5 Å². The predicted molar refractivity (Wildman–Crippen MR) is 105 cm³/mol. The number of nitrogens with zero attached hydrogens (tertiary/aromatic N) is 6. The monoisotopic (exact) mass is 407 g/mol. The van der Waals surface area contributed by atoms with Gasteiger partial charge in [-0.2, -0.15) is 0 Å². The van der Waals surface area contributed by atoms with E-state index in [-0.39, 0.29) is 18.2 Å². The Labute approximate surface area is 170 Å². The van der Waals surface area contributed by atoms with Crippen LogP contribution in [0, 0.1) is 5.82 Å². The first-order valence-corrected chi connectivity index (χ1v) is 9.51. The third-order valence-electron chi connectivity index (χ3n) is 5.16. The van der Waals surface area contributed by atoms with Crippen LogP contribution in [0.25, 0.3) is 22.5 Å². The summed E-state index contributed by atoms with van der Waals surface area (Å²) in [6, 6.07) is 6.21. The van der Waals surface area contributed by atoms with Gasteiger partial charge in [0, 0.05) is 22.9 Å². The van der Waals surface area contributed by atoms with Crippen molar-refractivity contribution >= 4 is 5.82 Å². The van der Waals surface area contributed by atoms with Crippen LogP contribution >= 0.6 is 0 Å². The molecule has 2 bridgehead atoms. The Bertz CT molecular complexity index is 1250. The van der Waals surface area contributed by atoms with E-state index >= 15 is 0 Å². The van der Waals surface area contributed by atoms with Crippen molar-refractivity contribution in [2.45, 2.75) is 32.9 Å². The summed E-state index contributed by atoms with van der Waals surface area (Å²) in [5.41, 5.74) is 9.65. The van der Waals surface area contributed by atoms with Gasteiger partial charge in [-0.05, 0) is 48.0 Å². The minimum absolute atomic E-state index is 0.237. The van der Waals surface area contributed by atoms with Crippen molar-refractivity contribution in [2.24, 2.45) is 0 Å². The molecule has 1 aromatic carbocycles. The zero-order valence-electron chi connectivity index (χ0n) is 16.3. The van der Waals surface area contributed by atoms with Crippen LogP contribution in [0.2, 0.25) is 0 Å². The molecule has 5 rings (SSSR count). The largest absolute Gasteiger partial charge is 0.482 e. The lowest BCUT2D eigenvalue weighted by molar-refractivity contribution is 0.227. The minimum Gasteiger partial charge on any atom is -0.482 e. The predicted octanol–water partition coefficient (Wildman–Crippen LogP) is 3.18. The van der Waals surface area contributed by atoms with Gasteiger partial charge in [-0.3, -0.25) is 0 Å². The first-order chi connectivity index (χ1) is 14.5. The van der Waals surface area contributed by atoms with E-state index in [4.69, 9.17) is 15.0 Å². The Morgan fingerprint density at radius 2 is 2.17 bits per heavy atom. The van der Waals surface area contributed by atoms with Crippen molar-refractivity contribution in [1.29, 1.82) is 0 Å². The number of benzene rings is 1.